The van der Waals surface area contributed by atoms with Gasteiger partial charge in [0.05, 0.1) is 25.5 Å². The smallest absolute Gasteiger partial charge is 0.364 e. The maximum absolute atomic E-state index is 12.3. The van der Waals surface area contributed by atoms with Crippen LogP contribution in [-0.2, 0) is 16.0 Å². The van der Waals surface area contributed by atoms with Gasteiger partial charge in [-0.25, -0.2) is 4.79 Å². The zero-order valence-corrected chi connectivity index (χ0v) is 14.3. The van der Waals surface area contributed by atoms with Gasteiger partial charge in [0.1, 0.15) is 5.75 Å². The molecule has 1 aliphatic rings. The number of aromatic nitrogens is 1. The summed E-state index contributed by atoms with van der Waals surface area (Å²) < 4.78 is 10.6. The summed E-state index contributed by atoms with van der Waals surface area (Å²) in [5.74, 6) is 0.620. The van der Waals surface area contributed by atoms with E-state index in [-0.39, 0.29) is 18.1 Å². The Balaban J connectivity index is 1.90. The molecule has 0 bridgehead atoms. The van der Waals surface area contributed by atoms with Crippen molar-refractivity contribution < 1.29 is 19.6 Å². The zero-order chi connectivity index (χ0) is 17.4. The van der Waals surface area contributed by atoms with Gasteiger partial charge in [-0.2, -0.15) is 0 Å². The number of quaternary nitrogens is 1. The van der Waals surface area contributed by atoms with Gasteiger partial charge in [0.2, 0.25) is 0 Å². The highest BCUT2D eigenvalue weighted by Gasteiger charge is 2.39. The van der Waals surface area contributed by atoms with Gasteiger partial charge in [-0.3, -0.25) is 0 Å². The molecular weight excluding hydrogens is 316 g/mol. The van der Waals surface area contributed by atoms with E-state index in [4.69, 9.17) is 9.47 Å². The number of hydrogen-bond acceptors (Lipinski definition) is 3. The van der Waals surface area contributed by atoms with Crippen molar-refractivity contribution in [2.24, 2.45) is 0 Å². The SMILES string of the molecule is COC(=O)[C@@H]1Cc2c([nH]c3ccccc23)[C@H](c2ccccc2OC)[NH2+]1. The Bertz CT molecular complexity index is 932. The van der Waals surface area contributed by atoms with Crippen LogP contribution in [0, 0.1) is 0 Å². The molecular formula is C20H21N2O3+. The lowest BCUT2D eigenvalue weighted by molar-refractivity contribution is -0.712. The van der Waals surface area contributed by atoms with Crippen LogP contribution >= 0.6 is 0 Å². The molecule has 0 unspecified atom stereocenters. The van der Waals surface area contributed by atoms with E-state index < -0.39 is 0 Å². The fraction of sp³-hybridized carbons (Fsp3) is 0.250. The minimum atomic E-state index is -0.272. The van der Waals surface area contributed by atoms with E-state index in [1.54, 1.807) is 7.11 Å². The minimum Gasteiger partial charge on any atom is -0.496 e. The molecule has 1 aromatic heterocycles. The highest BCUT2D eigenvalue weighted by atomic mass is 16.5. The number of ether oxygens (including phenoxy) is 2. The first-order chi connectivity index (χ1) is 12.2. The second kappa shape index (κ2) is 6.26. The second-order valence-corrected chi connectivity index (χ2v) is 6.31. The molecule has 0 saturated carbocycles. The van der Waals surface area contributed by atoms with Crippen molar-refractivity contribution in [3.63, 3.8) is 0 Å². The van der Waals surface area contributed by atoms with Gasteiger partial charge in [-0.15, -0.1) is 0 Å². The lowest BCUT2D eigenvalue weighted by Gasteiger charge is -2.27. The molecule has 5 heteroatoms. The van der Waals surface area contributed by atoms with Crippen LogP contribution in [0.4, 0.5) is 0 Å². The van der Waals surface area contributed by atoms with E-state index in [1.165, 1.54) is 18.1 Å². The Kier molecular flexibility index (Phi) is 3.93. The van der Waals surface area contributed by atoms with Crippen LogP contribution < -0.4 is 10.1 Å². The average Bonchev–Trinajstić information content (AvgIpc) is 3.05. The highest BCUT2D eigenvalue weighted by Crippen LogP contribution is 2.35. The number of para-hydroxylation sites is 2. The van der Waals surface area contributed by atoms with Crippen molar-refractivity contribution in [1.29, 1.82) is 0 Å². The van der Waals surface area contributed by atoms with E-state index in [2.05, 4.69) is 28.5 Å². The Morgan fingerprint density at radius 1 is 1.12 bits per heavy atom. The van der Waals surface area contributed by atoms with Crippen molar-refractivity contribution >= 4 is 16.9 Å². The maximum Gasteiger partial charge on any atom is 0.364 e. The Hall–Kier alpha value is -2.79. The number of methoxy groups -OCH3 is 2. The van der Waals surface area contributed by atoms with Gasteiger partial charge in [-0.05, 0) is 23.8 Å². The van der Waals surface area contributed by atoms with Crippen LogP contribution in [0.2, 0.25) is 0 Å². The number of hydrogen-bond donors (Lipinski definition) is 2. The number of rotatable bonds is 3. The number of carbonyl (C=O) groups excluding carboxylic acids is 1. The molecule has 1 aliphatic heterocycles. The Morgan fingerprint density at radius 2 is 1.88 bits per heavy atom. The first-order valence-corrected chi connectivity index (χ1v) is 8.38. The number of carbonyl (C=O) groups is 1. The number of fused-ring (bicyclic) bond motifs is 3. The molecule has 4 rings (SSSR count). The summed E-state index contributed by atoms with van der Waals surface area (Å²) in [6.07, 6.45) is 0.650. The summed E-state index contributed by atoms with van der Waals surface area (Å²) in [7, 11) is 3.12. The number of benzene rings is 2. The largest absolute Gasteiger partial charge is 0.496 e. The molecule has 128 valence electrons. The van der Waals surface area contributed by atoms with Crippen molar-refractivity contribution in [3.8, 4) is 5.75 Å². The lowest BCUT2D eigenvalue weighted by atomic mass is 9.90. The Labute approximate surface area is 146 Å². The zero-order valence-electron chi connectivity index (χ0n) is 14.3. The third kappa shape index (κ3) is 2.57. The van der Waals surface area contributed by atoms with E-state index >= 15 is 0 Å². The third-order valence-corrected chi connectivity index (χ3v) is 4.98. The van der Waals surface area contributed by atoms with Crippen molar-refractivity contribution in [1.82, 2.24) is 4.98 Å². The minimum absolute atomic E-state index is 0.0450. The predicted octanol–water partition coefficient (Wildman–Crippen LogP) is 1.93. The maximum atomic E-state index is 12.3. The predicted molar refractivity (Wildman–Crippen MR) is 94.6 cm³/mol. The highest BCUT2D eigenvalue weighted by molar-refractivity contribution is 5.86. The van der Waals surface area contributed by atoms with Crippen LogP contribution in [0.25, 0.3) is 10.9 Å². The number of aromatic amines is 1. The summed E-state index contributed by atoms with van der Waals surface area (Å²) in [6, 6.07) is 15.9. The summed E-state index contributed by atoms with van der Waals surface area (Å²) in [5.41, 5.74) is 4.45. The number of nitrogens with one attached hydrogen (secondary N) is 1. The van der Waals surface area contributed by atoms with Crippen molar-refractivity contribution in [2.75, 3.05) is 14.2 Å². The van der Waals surface area contributed by atoms with E-state index in [0.717, 1.165) is 22.5 Å². The summed E-state index contributed by atoms with van der Waals surface area (Å²) in [6.45, 7) is 0. The first kappa shape index (κ1) is 15.7. The molecule has 0 aliphatic carbocycles. The molecule has 2 atom stereocenters. The van der Waals surface area contributed by atoms with E-state index in [9.17, 15) is 4.79 Å². The van der Waals surface area contributed by atoms with Crippen LogP contribution in [0.1, 0.15) is 22.9 Å². The van der Waals surface area contributed by atoms with E-state index in [1.807, 2.05) is 30.3 Å². The molecule has 0 saturated heterocycles. The summed E-state index contributed by atoms with van der Waals surface area (Å²) in [5, 5.41) is 3.24. The van der Waals surface area contributed by atoms with E-state index in [0.29, 0.717) is 6.42 Å². The van der Waals surface area contributed by atoms with Crippen molar-refractivity contribution in [3.05, 3.63) is 65.4 Å². The molecule has 2 aromatic carbocycles. The van der Waals surface area contributed by atoms with Crippen LogP contribution in [0.5, 0.6) is 5.75 Å². The summed E-state index contributed by atoms with van der Waals surface area (Å²) in [4.78, 5) is 15.8. The number of H-pyrrole nitrogens is 1. The molecule has 0 spiro atoms. The van der Waals surface area contributed by atoms with Crippen LogP contribution in [0.3, 0.4) is 0 Å². The van der Waals surface area contributed by atoms with Gasteiger partial charge in [0, 0.05) is 17.3 Å². The molecule has 5 nitrogen and oxygen atoms in total. The lowest BCUT2D eigenvalue weighted by Crippen LogP contribution is -2.94. The normalized spacial score (nSPS) is 19.4. The van der Waals surface area contributed by atoms with Crippen LogP contribution in [-0.4, -0.2) is 31.2 Å². The fourth-order valence-corrected chi connectivity index (χ4v) is 3.82. The first-order valence-electron chi connectivity index (χ1n) is 8.38. The standard InChI is InChI=1S/C20H20N2O3/c1-24-17-10-6-4-8-13(17)18-19-14(11-16(22-18)20(23)25-2)12-7-3-5-9-15(12)21-19/h3-10,16,18,21-22H,11H2,1-2H3/p+1/t16-,18-/m0/s1. The quantitative estimate of drug-likeness (QED) is 0.718. The topological polar surface area (TPSA) is 67.9 Å². The molecule has 2 heterocycles. The molecule has 3 N–H and O–H groups in total. The molecule has 0 fully saturated rings. The van der Waals surface area contributed by atoms with Gasteiger partial charge < -0.3 is 19.8 Å². The average molecular weight is 337 g/mol. The summed E-state index contributed by atoms with van der Waals surface area (Å²) >= 11 is 0. The van der Waals surface area contributed by atoms with Crippen LogP contribution in [0.15, 0.2) is 48.5 Å². The number of esters is 1. The monoisotopic (exact) mass is 337 g/mol. The number of nitrogens with two attached hydrogens (primary N) is 1. The van der Waals surface area contributed by atoms with Crippen molar-refractivity contribution in [2.45, 2.75) is 18.5 Å². The van der Waals surface area contributed by atoms with Gasteiger partial charge in [0.25, 0.3) is 0 Å². The molecule has 0 amide bonds. The fourth-order valence-electron chi connectivity index (χ4n) is 3.82. The Morgan fingerprint density at radius 3 is 2.68 bits per heavy atom. The third-order valence-electron chi connectivity index (χ3n) is 4.98. The molecule has 0 radical (unpaired) electrons. The van der Waals surface area contributed by atoms with Gasteiger partial charge in [-0.1, -0.05) is 30.3 Å². The second-order valence-electron chi connectivity index (χ2n) is 6.31. The van der Waals surface area contributed by atoms with Gasteiger partial charge in [0.15, 0.2) is 12.1 Å². The molecule has 3 aromatic rings. The van der Waals surface area contributed by atoms with Gasteiger partial charge >= 0.3 is 5.97 Å². The molecule has 25 heavy (non-hydrogen) atoms.